The molecule has 3 heteroatoms. The topological polar surface area (TPSA) is 29.3 Å². The van der Waals surface area contributed by atoms with Crippen LogP contribution in [0.2, 0.25) is 0 Å². The van der Waals surface area contributed by atoms with Crippen LogP contribution in [0.4, 0.5) is 0 Å². The van der Waals surface area contributed by atoms with Crippen LogP contribution in [0.1, 0.15) is 34.1 Å². The molecule has 0 aliphatic carbocycles. The lowest BCUT2D eigenvalue weighted by Crippen LogP contribution is -2.56. The molecule has 1 aliphatic rings. The summed E-state index contributed by atoms with van der Waals surface area (Å²) in [6, 6.07) is 0.844. The molecule has 1 aliphatic heterocycles. The van der Waals surface area contributed by atoms with Gasteiger partial charge in [-0.2, -0.15) is 11.8 Å². The molecule has 1 heterocycles. The number of rotatable bonds is 3. The molecule has 2 unspecified atom stereocenters. The number of thioether (sulfide) groups is 1. The minimum atomic E-state index is 0.289. The largest absolute Gasteiger partial charge is 0.326 e. The van der Waals surface area contributed by atoms with Crippen molar-refractivity contribution in [1.29, 1.82) is 0 Å². The van der Waals surface area contributed by atoms with Crippen LogP contribution in [0.25, 0.3) is 0 Å². The lowest BCUT2D eigenvalue weighted by molar-refractivity contribution is 0.0854. The van der Waals surface area contributed by atoms with Crippen LogP contribution < -0.4 is 5.73 Å². The van der Waals surface area contributed by atoms with E-state index in [4.69, 9.17) is 5.73 Å². The van der Waals surface area contributed by atoms with Crippen molar-refractivity contribution in [3.8, 4) is 0 Å². The van der Waals surface area contributed by atoms with Crippen LogP contribution in [0.5, 0.6) is 0 Å². The van der Waals surface area contributed by atoms with Crippen LogP contribution in [0.3, 0.4) is 0 Å². The summed E-state index contributed by atoms with van der Waals surface area (Å²) in [5.41, 5.74) is 6.57. The first kappa shape index (κ1) is 13.3. The predicted molar refractivity (Wildman–Crippen MR) is 70.4 cm³/mol. The molecule has 15 heavy (non-hydrogen) atoms. The van der Waals surface area contributed by atoms with Crippen molar-refractivity contribution >= 4 is 11.8 Å². The van der Waals surface area contributed by atoms with E-state index in [1.54, 1.807) is 0 Å². The molecule has 0 saturated carbocycles. The minimum Gasteiger partial charge on any atom is -0.326 e. The molecule has 2 nitrogen and oxygen atoms in total. The van der Waals surface area contributed by atoms with Gasteiger partial charge in [-0.3, -0.25) is 4.90 Å². The lowest BCUT2D eigenvalue weighted by atomic mass is 9.80. The van der Waals surface area contributed by atoms with E-state index in [1.807, 2.05) is 0 Å². The summed E-state index contributed by atoms with van der Waals surface area (Å²) >= 11 is 2.06. The van der Waals surface area contributed by atoms with Gasteiger partial charge in [0.05, 0.1) is 0 Å². The summed E-state index contributed by atoms with van der Waals surface area (Å²) in [5.74, 6) is 2.53. The Bertz CT molecular complexity index is 183. The summed E-state index contributed by atoms with van der Waals surface area (Å²) < 4.78 is 0. The SMILES string of the molecule is CCC(N)C(N1CCSCC1)C(C)(C)C. The fourth-order valence-electron chi connectivity index (χ4n) is 2.54. The van der Waals surface area contributed by atoms with E-state index in [9.17, 15) is 0 Å². The summed E-state index contributed by atoms with van der Waals surface area (Å²) in [6.07, 6.45) is 1.07. The Labute approximate surface area is 99.0 Å². The van der Waals surface area contributed by atoms with E-state index in [0.717, 1.165) is 6.42 Å². The summed E-state index contributed by atoms with van der Waals surface area (Å²) in [5, 5.41) is 0. The van der Waals surface area contributed by atoms with E-state index < -0.39 is 0 Å². The van der Waals surface area contributed by atoms with Crippen LogP contribution in [0.15, 0.2) is 0 Å². The zero-order valence-corrected chi connectivity index (χ0v) is 11.4. The highest BCUT2D eigenvalue weighted by molar-refractivity contribution is 7.99. The molecule has 0 amide bonds. The molecule has 90 valence electrons. The zero-order valence-electron chi connectivity index (χ0n) is 10.6. The number of hydrogen-bond donors (Lipinski definition) is 1. The van der Waals surface area contributed by atoms with Gasteiger partial charge in [-0.05, 0) is 11.8 Å². The highest BCUT2D eigenvalue weighted by atomic mass is 32.2. The monoisotopic (exact) mass is 230 g/mol. The number of nitrogens with zero attached hydrogens (tertiary/aromatic N) is 1. The molecular formula is C12H26N2S. The second kappa shape index (κ2) is 5.55. The Morgan fingerprint density at radius 2 is 1.80 bits per heavy atom. The zero-order chi connectivity index (χ0) is 11.5. The minimum absolute atomic E-state index is 0.289. The van der Waals surface area contributed by atoms with Crippen molar-refractivity contribution in [3.63, 3.8) is 0 Å². The Hall–Kier alpha value is 0.270. The summed E-state index contributed by atoms with van der Waals surface area (Å²) in [4.78, 5) is 2.60. The van der Waals surface area contributed by atoms with Crippen molar-refractivity contribution in [2.75, 3.05) is 24.6 Å². The first-order valence-electron chi connectivity index (χ1n) is 6.04. The Morgan fingerprint density at radius 3 is 2.20 bits per heavy atom. The molecule has 1 rings (SSSR count). The van der Waals surface area contributed by atoms with Crippen molar-refractivity contribution in [2.24, 2.45) is 11.1 Å². The predicted octanol–water partition coefficient (Wildman–Crippen LogP) is 2.19. The molecule has 0 aromatic carbocycles. The smallest absolute Gasteiger partial charge is 0.0296 e. The quantitative estimate of drug-likeness (QED) is 0.806. The maximum absolute atomic E-state index is 6.29. The highest BCUT2D eigenvalue weighted by Gasteiger charge is 2.34. The third-order valence-corrected chi connectivity index (χ3v) is 4.15. The third-order valence-electron chi connectivity index (χ3n) is 3.20. The standard InChI is InChI=1S/C12H26N2S/c1-5-10(13)11(12(2,3)4)14-6-8-15-9-7-14/h10-11H,5-9,13H2,1-4H3. The lowest BCUT2D eigenvalue weighted by Gasteiger charge is -2.45. The van der Waals surface area contributed by atoms with Crippen molar-refractivity contribution in [1.82, 2.24) is 4.90 Å². The van der Waals surface area contributed by atoms with Crippen molar-refractivity contribution in [3.05, 3.63) is 0 Å². The fraction of sp³-hybridized carbons (Fsp3) is 1.00. The van der Waals surface area contributed by atoms with Crippen LogP contribution in [0, 0.1) is 5.41 Å². The van der Waals surface area contributed by atoms with Gasteiger partial charge in [-0.1, -0.05) is 27.7 Å². The van der Waals surface area contributed by atoms with Gasteiger partial charge in [-0.25, -0.2) is 0 Å². The number of hydrogen-bond acceptors (Lipinski definition) is 3. The van der Waals surface area contributed by atoms with E-state index in [1.165, 1.54) is 24.6 Å². The number of nitrogens with two attached hydrogens (primary N) is 1. The molecule has 2 atom stereocenters. The second-order valence-electron chi connectivity index (χ2n) is 5.53. The van der Waals surface area contributed by atoms with Gasteiger partial charge in [0.25, 0.3) is 0 Å². The van der Waals surface area contributed by atoms with Crippen molar-refractivity contribution < 1.29 is 0 Å². The Kier molecular flexibility index (Phi) is 4.94. The molecule has 0 spiro atoms. The van der Waals surface area contributed by atoms with Gasteiger partial charge >= 0.3 is 0 Å². The van der Waals surface area contributed by atoms with Gasteiger partial charge in [0.2, 0.25) is 0 Å². The first-order valence-corrected chi connectivity index (χ1v) is 7.19. The van der Waals surface area contributed by atoms with Crippen LogP contribution >= 0.6 is 11.8 Å². The molecular weight excluding hydrogens is 204 g/mol. The average molecular weight is 230 g/mol. The first-order chi connectivity index (χ1) is 6.96. The molecule has 0 aromatic heterocycles. The molecule has 2 N–H and O–H groups in total. The van der Waals surface area contributed by atoms with Gasteiger partial charge < -0.3 is 5.73 Å². The molecule has 1 fully saturated rings. The Balaban J connectivity index is 2.70. The van der Waals surface area contributed by atoms with Gasteiger partial charge in [0.15, 0.2) is 0 Å². The Morgan fingerprint density at radius 1 is 1.27 bits per heavy atom. The molecule has 1 saturated heterocycles. The maximum atomic E-state index is 6.29. The van der Waals surface area contributed by atoms with Gasteiger partial charge in [0, 0.05) is 36.7 Å². The van der Waals surface area contributed by atoms with E-state index in [0.29, 0.717) is 12.1 Å². The second-order valence-corrected chi connectivity index (χ2v) is 6.76. The van der Waals surface area contributed by atoms with E-state index in [2.05, 4.69) is 44.4 Å². The van der Waals surface area contributed by atoms with E-state index >= 15 is 0 Å². The summed E-state index contributed by atoms with van der Waals surface area (Å²) in [6.45, 7) is 11.6. The summed E-state index contributed by atoms with van der Waals surface area (Å²) in [7, 11) is 0. The normalized spacial score (nSPS) is 23.8. The van der Waals surface area contributed by atoms with Crippen molar-refractivity contribution in [2.45, 2.75) is 46.2 Å². The highest BCUT2D eigenvalue weighted by Crippen LogP contribution is 2.29. The fourth-order valence-corrected chi connectivity index (χ4v) is 3.47. The maximum Gasteiger partial charge on any atom is 0.0296 e. The molecule has 0 aromatic rings. The molecule has 0 radical (unpaired) electrons. The van der Waals surface area contributed by atoms with Gasteiger partial charge in [0.1, 0.15) is 0 Å². The van der Waals surface area contributed by atoms with Crippen LogP contribution in [-0.4, -0.2) is 41.6 Å². The average Bonchev–Trinajstić information content (AvgIpc) is 2.17. The third kappa shape index (κ3) is 3.65. The molecule has 0 bridgehead atoms. The van der Waals surface area contributed by atoms with Crippen LogP contribution in [-0.2, 0) is 0 Å². The van der Waals surface area contributed by atoms with Gasteiger partial charge in [-0.15, -0.1) is 0 Å². The van der Waals surface area contributed by atoms with E-state index in [-0.39, 0.29) is 5.41 Å².